The molecule has 3 aromatic carbocycles. The van der Waals surface area contributed by atoms with Crippen molar-refractivity contribution in [2.75, 3.05) is 0 Å². The van der Waals surface area contributed by atoms with E-state index < -0.39 is 11.2 Å². The van der Waals surface area contributed by atoms with E-state index in [1.54, 1.807) is 30.3 Å². The van der Waals surface area contributed by atoms with E-state index in [1.807, 2.05) is 63.2 Å². The highest BCUT2D eigenvalue weighted by molar-refractivity contribution is 5.82. The van der Waals surface area contributed by atoms with E-state index >= 15 is 0 Å². The number of aryl methyl sites for hydroxylation is 2. The summed E-state index contributed by atoms with van der Waals surface area (Å²) in [7, 11) is 0. The van der Waals surface area contributed by atoms with Gasteiger partial charge in [0.1, 0.15) is 6.54 Å². The zero-order valence-electron chi connectivity index (χ0n) is 18.3. The average molecular weight is 428 g/mol. The molecule has 1 heterocycles. The van der Waals surface area contributed by atoms with Gasteiger partial charge < -0.3 is 5.32 Å². The van der Waals surface area contributed by atoms with Gasteiger partial charge in [-0.15, -0.1) is 0 Å². The van der Waals surface area contributed by atoms with Gasteiger partial charge in [-0.25, -0.2) is 9.36 Å². The number of hydrogen-bond acceptors (Lipinski definition) is 3. The molecule has 0 unspecified atom stereocenters. The van der Waals surface area contributed by atoms with Gasteiger partial charge in [-0.2, -0.15) is 0 Å². The van der Waals surface area contributed by atoms with Crippen LogP contribution in [-0.2, 0) is 11.3 Å². The van der Waals surface area contributed by atoms with Crippen molar-refractivity contribution in [1.82, 2.24) is 14.5 Å². The summed E-state index contributed by atoms with van der Waals surface area (Å²) in [5.41, 5.74) is 2.99. The summed E-state index contributed by atoms with van der Waals surface area (Å²) in [6.07, 6.45) is 0. The number of carbonyl (C=O) groups is 1. The monoisotopic (exact) mass is 427 g/mol. The van der Waals surface area contributed by atoms with Gasteiger partial charge in [0.2, 0.25) is 5.91 Å². The second-order valence-corrected chi connectivity index (χ2v) is 7.99. The maximum absolute atomic E-state index is 13.4. The van der Waals surface area contributed by atoms with Crippen molar-refractivity contribution < 1.29 is 4.79 Å². The number of benzene rings is 3. The maximum Gasteiger partial charge on any atom is 0.336 e. The van der Waals surface area contributed by atoms with E-state index in [0.717, 1.165) is 21.3 Å². The van der Waals surface area contributed by atoms with Crippen molar-refractivity contribution in [1.29, 1.82) is 0 Å². The van der Waals surface area contributed by atoms with Crippen LogP contribution in [0.5, 0.6) is 0 Å². The molecule has 0 bridgehead atoms. The minimum absolute atomic E-state index is 0.193. The Balaban J connectivity index is 1.79. The first kappa shape index (κ1) is 21.3. The molecule has 1 amide bonds. The van der Waals surface area contributed by atoms with Crippen LogP contribution in [0.4, 0.5) is 0 Å². The molecule has 0 fully saturated rings. The molecule has 0 saturated carbocycles. The number of nitrogens with zero attached hydrogens (tertiary/aromatic N) is 2. The molecule has 6 heteroatoms. The van der Waals surface area contributed by atoms with Gasteiger partial charge in [-0.1, -0.05) is 48.5 Å². The summed E-state index contributed by atoms with van der Waals surface area (Å²) in [6, 6.07) is 21.7. The molecule has 1 N–H and O–H groups in total. The van der Waals surface area contributed by atoms with Crippen LogP contribution in [0.3, 0.4) is 0 Å². The van der Waals surface area contributed by atoms with Crippen LogP contribution in [0.15, 0.2) is 82.4 Å². The molecule has 6 nitrogen and oxygen atoms in total. The molecule has 1 atom stereocenters. The quantitative estimate of drug-likeness (QED) is 0.528. The Morgan fingerprint density at radius 1 is 0.906 bits per heavy atom. The van der Waals surface area contributed by atoms with Crippen LogP contribution in [0, 0.1) is 13.8 Å². The van der Waals surface area contributed by atoms with Gasteiger partial charge in [0.15, 0.2) is 0 Å². The van der Waals surface area contributed by atoms with Gasteiger partial charge in [-0.3, -0.25) is 14.2 Å². The maximum atomic E-state index is 13.4. The molecule has 0 aliphatic carbocycles. The van der Waals surface area contributed by atoms with Crippen molar-refractivity contribution in [3.8, 4) is 5.69 Å². The molecule has 32 heavy (non-hydrogen) atoms. The fourth-order valence-corrected chi connectivity index (χ4v) is 3.82. The van der Waals surface area contributed by atoms with E-state index in [4.69, 9.17) is 0 Å². The predicted molar refractivity (Wildman–Crippen MR) is 126 cm³/mol. The van der Waals surface area contributed by atoms with Crippen molar-refractivity contribution in [3.05, 3.63) is 110 Å². The van der Waals surface area contributed by atoms with E-state index in [-0.39, 0.29) is 18.5 Å². The number of fused-ring (bicyclic) bond motifs is 1. The summed E-state index contributed by atoms with van der Waals surface area (Å²) in [5.74, 6) is -0.307. The zero-order chi connectivity index (χ0) is 22.8. The van der Waals surface area contributed by atoms with E-state index in [0.29, 0.717) is 16.6 Å². The zero-order valence-corrected chi connectivity index (χ0v) is 18.3. The summed E-state index contributed by atoms with van der Waals surface area (Å²) >= 11 is 0. The first-order valence-electron chi connectivity index (χ1n) is 10.5. The van der Waals surface area contributed by atoms with Gasteiger partial charge in [0, 0.05) is 0 Å². The molecular formula is C26H25N3O3. The first-order chi connectivity index (χ1) is 15.4. The van der Waals surface area contributed by atoms with E-state index in [9.17, 15) is 14.4 Å². The van der Waals surface area contributed by atoms with Crippen molar-refractivity contribution in [3.63, 3.8) is 0 Å². The van der Waals surface area contributed by atoms with Crippen LogP contribution in [0.1, 0.15) is 29.7 Å². The fourth-order valence-electron chi connectivity index (χ4n) is 3.82. The van der Waals surface area contributed by atoms with Crippen LogP contribution < -0.4 is 16.6 Å². The van der Waals surface area contributed by atoms with Crippen LogP contribution in [0.25, 0.3) is 16.6 Å². The lowest BCUT2D eigenvalue weighted by molar-refractivity contribution is -0.122. The normalized spacial score (nSPS) is 12.0. The Bertz CT molecular complexity index is 1420. The molecule has 1 aromatic heterocycles. The number of nitrogens with one attached hydrogen (secondary N) is 1. The third-order valence-electron chi connectivity index (χ3n) is 5.78. The summed E-state index contributed by atoms with van der Waals surface area (Å²) in [4.78, 5) is 39.5. The molecule has 0 spiro atoms. The van der Waals surface area contributed by atoms with Gasteiger partial charge in [0.25, 0.3) is 5.56 Å². The Morgan fingerprint density at radius 2 is 1.59 bits per heavy atom. The van der Waals surface area contributed by atoms with E-state index in [1.165, 1.54) is 4.57 Å². The number of carbonyl (C=O) groups excluding carboxylic acids is 1. The number of aromatic nitrogens is 2. The highest BCUT2D eigenvalue weighted by Crippen LogP contribution is 2.15. The minimum atomic E-state index is -0.542. The Labute approximate surface area is 185 Å². The second kappa shape index (κ2) is 8.67. The Hall–Kier alpha value is -3.93. The smallest absolute Gasteiger partial charge is 0.336 e. The van der Waals surface area contributed by atoms with Gasteiger partial charge in [-0.05, 0) is 61.7 Å². The lowest BCUT2D eigenvalue weighted by Gasteiger charge is -2.17. The number of hydrogen-bond donors (Lipinski definition) is 1. The fraction of sp³-hybridized carbons (Fsp3) is 0.192. The molecule has 162 valence electrons. The highest BCUT2D eigenvalue weighted by atomic mass is 16.2. The van der Waals surface area contributed by atoms with Crippen molar-refractivity contribution in [2.45, 2.75) is 33.4 Å². The molecular weight excluding hydrogens is 402 g/mol. The Morgan fingerprint density at radius 3 is 2.31 bits per heavy atom. The molecule has 0 saturated heterocycles. The van der Waals surface area contributed by atoms with Crippen LogP contribution in [0.2, 0.25) is 0 Å². The first-order valence-corrected chi connectivity index (χ1v) is 10.5. The molecule has 0 aliphatic rings. The van der Waals surface area contributed by atoms with Crippen LogP contribution in [-0.4, -0.2) is 15.0 Å². The number of rotatable bonds is 5. The summed E-state index contributed by atoms with van der Waals surface area (Å²) in [5, 5.41) is 3.32. The number of amides is 1. The topological polar surface area (TPSA) is 73.1 Å². The summed E-state index contributed by atoms with van der Waals surface area (Å²) < 4.78 is 2.50. The standard InChI is InChI=1S/C26H25N3O3/c1-17-13-14-21(15-18(17)2)29-25(31)22-11-7-8-12-23(22)28(26(29)32)16-24(30)27-19(3)20-9-5-4-6-10-20/h4-15,19H,16H2,1-3H3,(H,27,30)/t19-/m0/s1. The van der Waals surface area contributed by atoms with Gasteiger partial charge in [0.05, 0.1) is 22.6 Å². The van der Waals surface area contributed by atoms with Crippen molar-refractivity contribution >= 4 is 16.8 Å². The average Bonchev–Trinajstić information content (AvgIpc) is 2.79. The van der Waals surface area contributed by atoms with E-state index in [2.05, 4.69) is 5.32 Å². The molecule has 0 radical (unpaired) electrons. The predicted octanol–water partition coefficient (Wildman–Crippen LogP) is 3.65. The lowest BCUT2D eigenvalue weighted by Crippen LogP contribution is -2.42. The molecule has 4 aromatic rings. The number of para-hydroxylation sites is 1. The third kappa shape index (κ3) is 3.99. The lowest BCUT2D eigenvalue weighted by atomic mass is 10.1. The Kier molecular flexibility index (Phi) is 5.77. The van der Waals surface area contributed by atoms with Crippen LogP contribution >= 0.6 is 0 Å². The van der Waals surface area contributed by atoms with Crippen molar-refractivity contribution in [2.24, 2.45) is 0 Å². The summed E-state index contributed by atoms with van der Waals surface area (Å²) in [6.45, 7) is 5.60. The molecule has 4 rings (SSSR count). The molecule has 0 aliphatic heterocycles. The second-order valence-electron chi connectivity index (χ2n) is 7.99. The minimum Gasteiger partial charge on any atom is -0.348 e. The van der Waals surface area contributed by atoms with Gasteiger partial charge >= 0.3 is 5.69 Å². The SMILES string of the molecule is Cc1ccc(-n2c(=O)c3ccccc3n(CC(=O)N[C@@H](C)c3ccccc3)c2=O)cc1C. The highest BCUT2D eigenvalue weighted by Gasteiger charge is 2.18. The third-order valence-corrected chi connectivity index (χ3v) is 5.78. The largest absolute Gasteiger partial charge is 0.348 e.